The van der Waals surface area contributed by atoms with Gasteiger partial charge in [-0.1, -0.05) is 6.07 Å². The maximum Gasteiger partial charge on any atom is 0.147 e. The number of aromatic nitrogens is 2. The first-order valence-corrected chi connectivity index (χ1v) is 5.28. The highest BCUT2D eigenvalue weighted by molar-refractivity contribution is 7.09. The summed E-state index contributed by atoms with van der Waals surface area (Å²) in [4.78, 5) is 9.67. The third-order valence-corrected chi connectivity index (χ3v) is 2.77. The van der Waals surface area contributed by atoms with Crippen molar-refractivity contribution in [1.29, 1.82) is 0 Å². The maximum absolute atomic E-state index is 4.21. The predicted molar refractivity (Wildman–Crippen MR) is 58.4 cm³/mol. The van der Waals surface area contributed by atoms with Gasteiger partial charge in [0.05, 0.1) is 12.2 Å². The Balaban J connectivity index is 2.02. The molecule has 2 aromatic rings. The fraction of sp³-hybridized carbons (Fsp3) is 0.200. The summed E-state index contributed by atoms with van der Waals surface area (Å²) in [6, 6.07) is 4.15. The predicted octanol–water partition coefficient (Wildman–Crippen LogP) is 2.46. The molecule has 0 aromatic carbocycles. The molecule has 0 fully saturated rings. The molecule has 4 heteroatoms. The van der Waals surface area contributed by atoms with Gasteiger partial charge < -0.3 is 5.32 Å². The van der Waals surface area contributed by atoms with Crippen LogP contribution in [-0.2, 0) is 6.54 Å². The topological polar surface area (TPSA) is 37.8 Å². The molecule has 72 valence electrons. The van der Waals surface area contributed by atoms with Crippen LogP contribution in [0.2, 0.25) is 0 Å². The lowest BCUT2D eigenvalue weighted by molar-refractivity contribution is 1.06. The zero-order chi connectivity index (χ0) is 9.80. The van der Waals surface area contributed by atoms with Gasteiger partial charge in [-0.15, -0.1) is 11.3 Å². The monoisotopic (exact) mass is 205 g/mol. The Labute approximate surface area is 86.8 Å². The molecule has 0 aliphatic carbocycles. The summed E-state index contributed by atoms with van der Waals surface area (Å²) < 4.78 is 0. The molecule has 0 atom stereocenters. The van der Waals surface area contributed by atoms with Crippen LogP contribution in [0.5, 0.6) is 0 Å². The van der Waals surface area contributed by atoms with Crippen molar-refractivity contribution >= 4 is 17.2 Å². The molecule has 0 aliphatic rings. The van der Waals surface area contributed by atoms with Gasteiger partial charge in [-0.05, 0) is 18.4 Å². The first-order valence-electron chi connectivity index (χ1n) is 4.40. The van der Waals surface area contributed by atoms with Crippen LogP contribution in [0, 0.1) is 6.92 Å². The van der Waals surface area contributed by atoms with Gasteiger partial charge >= 0.3 is 0 Å². The fourth-order valence-electron chi connectivity index (χ4n) is 1.17. The Bertz CT molecular complexity index is 398. The third kappa shape index (κ3) is 2.09. The minimum absolute atomic E-state index is 0.817. The molecule has 3 nitrogen and oxygen atoms in total. The summed E-state index contributed by atoms with van der Waals surface area (Å²) in [5.41, 5.74) is 0.934. The lowest BCUT2D eigenvalue weighted by Gasteiger charge is -2.05. The molecular weight excluding hydrogens is 194 g/mol. The number of hydrogen-bond acceptors (Lipinski definition) is 4. The Morgan fingerprint density at radius 1 is 1.36 bits per heavy atom. The first kappa shape index (κ1) is 9.15. The summed E-state index contributed by atoms with van der Waals surface area (Å²) in [6.45, 7) is 2.76. The number of nitrogens with zero attached hydrogens (tertiary/aromatic N) is 2. The Hall–Kier alpha value is -1.42. The molecule has 0 bridgehead atoms. The van der Waals surface area contributed by atoms with E-state index in [2.05, 4.69) is 26.7 Å². The summed E-state index contributed by atoms with van der Waals surface area (Å²) in [6.07, 6.45) is 3.40. The van der Waals surface area contributed by atoms with Gasteiger partial charge in [0.15, 0.2) is 0 Å². The van der Waals surface area contributed by atoms with E-state index in [0.717, 1.165) is 18.1 Å². The van der Waals surface area contributed by atoms with E-state index in [1.54, 1.807) is 23.7 Å². The number of rotatable bonds is 3. The van der Waals surface area contributed by atoms with Gasteiger partial charge in [-0.25, -0.2) is 4.98 Å². The molecule has 0 saturated heterocycles. The SMILES string of the molecule is Cc1nccnc1NCc1cccs1. The lowest BCUT2D eigenvalue weighted by Crippen LogP contribution is -2.02. The van der Waals surface area contributed by atoms with Gasteiger partial charge in [0.1, 0.15) is 5.82 Å². The molecule has 1 N–H and O–H groups in total. The Kier molecular flexibility index (Phi) is 2.74. The van der Waals surface area contributed by atoms with E-state index >= 15 is 0 Å². The van der Waals surface area contributed by atoms with Crippen molar-refractivity contribution in [3.63, 3.8) is 0 Å². The molecular formula is C10H11N3S. The molecule has 0 amide bonds. The average Bonchev–Trinajstić information content (AvgIpc) is 2.69. The van der Waals surface area contributed by atoms with Crippen molar-refractivity contribution in [1.82, 2.24) is 9.97 Å². The van der Waals surface area contributed by atoms with Gasteiger partial charge in [0.2, 0.25) is 0 Å². The minimum atomic E-state index is 0.817. The van der Waals surface area contributed by atoms with E-state index in [9.17, 15) is 0 Å². The lowest BCUT2D eigenvalue weighted by atomic mass is 10.4. The van der Waals surface area contributed by atoms with Crippen molar-refractivity contribution in [3.8, 4) is 0 Å². The normalized spacial score (nSPS) is 10.1. The van der Waals surface area contributed by atoms with Gasteiger partial charge in [0.25, 0.3) is 0 Å². The number of thiophene rings is 1. The summed E-state index contributed by atoms with van der Waals surface area (Å²) >= 11 is 1.74. The molecule has 0 unspecified atom stereocenters. The van der Waals surface area contributed by atoms with E-state index in [-0.39, 0.29) is 0 Å². The average molecular weight is 205 g/mol. The van der Waals surface area contributed by atoms with E-state index in [0.29, 0.717) is 0 Å². The quantitative estimate of drug-likeness (QED) is 0.836. The molecule has 2 heterocycles. The third-order valence-electron chi connectivity index (χ3n) is 1.89. The number of hydrogen-bond donors (Lipinski definition) is 1. The van der Waals surface area contributed by atoms with Crippen LogP contribution < -0.4 is 5.32 Å². The first-order chi connectivity index (χ1) is 6.86. The van der Waals surface area contributed by atoms with Crippen LogP contribution in [0.25, 0.3) is 0 Å². The van der Waals surface area contributed by atoms with E-state index in [1.165, 1.54) is 4.88 Å². The van der Waals surface area contributed by atoms with Crippen LogP contribution in [0.4, 0.5) is 5.82 Å². The highest BCUT2D eigenvalue weighted by atomic mass is 32.1. The summed E-state index contributed by atoms with van der Waals surface area (Å²) in [7, 11) is 0. The zero-order valence-electron chi connectivity index (χ0n) is 7.90. The highest BCUT2D eigenvalue weighted by Crippen LogP contribution is 2.12. The van der Waals surface area contributed by atoms with Gasteiger partial charge in [-0.3, -0.25) is 4.98 Å². The summed E-state index contributed by atoms with van der Waals surface area (Å²) in [5.74, 6) is 0.862. The van der Waals surface area contributed by atoms with Crippen LogP contribution in [0.15, 0.2) is 29.9 Å². The fourth-order valence-corrected chi connectivity index (χ4v) is 1.81. The van der Waals surface area contributed by atoms with E-state index in [4.69, 9.17) is 0 Å². The van der Waals surface area contributed by atoms with Crippen LogP contribution in [0.3, 0.4) is 0 Å². The van der Waals surface area contributed by atoms with Crippen molar-refractivity contribution in [2.45, 2.75) is 13.5 Å². The summed E-state index contributed by atoms with van der Waals surface area (Å²) in [5, 5.41) is 5.32. The number of anilines is 1. The van der Waals surface area contributed by atoms with Crippen LogP contribution in [-0.4, -0.2) is 9.97 Å². The van der Waals surface area contributed by atoms with Crippen molar-refractivity contribution in [2.24, 2.45) is 0 Å². The van der Waals surface area contributed by atoms with Gasteiger partial charge in [-0.2, -0.15) is 0 Å². The number of nitrogens with one attached hydrogen (secondary N) is 1. The zero-order valence-corrected chi connectivity index (χ0v) is 8.71. The second-order valence-corrected chi connectivity index (χ2v) is 3.96. The second kappa shape index (κ2) is 4.19. The van der Waals surface area contributed by atoms with Crippen LogP contribution >= 0.6 is 11.3 Å². The van der Waals surface area contributed by atoms with E-state index in [1.807, 2.05) is 13.0 Å². The Morgan fingerprint density at radius 2 is 2.21 bits per heavy atom. The maximum atomic E-state index is 4.21. The highest BCUT2D eigenvalue weighted by Gasteiger charge is 1.99. The molecule has 0 spiro atoms. The molecule has 0 radical (unpaired) electrons. The minimum Gasteiger partial charge on any atom is -0.364 e. The van der Waals surface area contributed by atoms with E-state index < -0.39 is 0 Å². The van der Waals surface area contributed by atoms with Crippen molar-refractivity contribution in [2.75, 3.05) is 5.32 Å². The Morgan fingerprint density at radius 3 is 2.93 bits per heavy atom. The molecule has 2 rings (SSSR count). The van der Waals surface area contributed by atoms with Crippen LogP contribution in [0.1, 0.15) is 10.6 Å². The smallest absolute Gasteiger partial charge is 0.147 e. The van der Waals surface area contributed by atoms with Gasteiger partial charge in [0, 0.05) is 17.3 Å². The second-order valence-electron chi connectivity index (χ2n) is 2.92. The van der Waals surface area contributed by atoms with Crippen molar-refractivity contribution < 1.29 is 0 Å². The molecule has 0 saturated carbocycles. The standard InChI is InChI=1S/C10H11N3S/c1-8-10(12-5-4-11-8)13-7-9-3-2-6-14-9/h2-6H,7H2,1H3,(H,12,13). The molecule has 2 aromatic heterocycles. The largest absolute Gasteiger partial charge is 0.364 e. The molecule has 0 aliphatic heterocycles. The molecule has 14 heavy (non-hydrogen) atoms. The number of aryl methyl sites for hydroxylation is 1. The van der Waals surface area contributed by atoms with Crippen molar-refractivity contribution in [3.05, 3.63) is 40.5 Å².